The zero-order valence-corrected chi connectivity index (χ0v) is 17.7. The van der Waals surface area contributed by atoms with Crippen molar-refractivity contribution in [3.05, 3.63) is 41.0 Å². The lowest BCUT2D eigenvalue weighted by Crippen LogP contribution is -2.48. The molecule has 7 nitrogen and oxygen atoms in total. The monoisotopic (exact) mass is 418 g/mol. The summed E-state index contributed by atoms with van der Waals surface area (Å²) in [4.78, 5) is 26.5. The van der Waals surface area contributed by atoms with Crippen LogP contribution >= 0.6 is 0 Å². The molecule has 156 valence electrons. The predicted octanol–water partition coefficient (Wildman–Crippen LogP) is 2.26. The first-order valence-electron chi connectivity index (χ1n) is 9.54. The summed E-state index contributed by atoms with van der Waals surface area (Å²) in [6, 6.07) is 8.46. The molecule has 1 aliphatic heterocycles. The number of esters is 1. The number of sulfone groups is 1. The van der Waals surface area contributed by atoms with E-state index in [1.54, 1.807) is 18.2 Å². The molecule has 2 rings (SSSR count). The van der Waals surface area contributed by atoms with Crippen LogP contribution in [0.4, 0.5) is 0 Å². The second-order valence-corrected chi connectivity index (χ2v) is 9.50. The van der Waals surface area contributed by atoms with Crippen LogP contribution in [0.5, 0.6) is 0 Å². The van der Waals surface area contributed by atoms with Crippen LogP contribution in [0.25, 0.3) is 6.08 Å². The summed E-state index contributed by atoms with van der Waals surface area (Å²) in [6.07, 6.45) is 2.43. The number of nitriles is 1. The minimum atomic E-state index is -3.16. The lowest BCUT2D eigenvalue weighted by molar-refractivity contribution is -0.150. The molecule has 0 bridgehead atoms. The molecule has 1 heterocycles. The van der Waals surface area contributed by atoms with Gasteiger partial charge in [0.15, 0.2) is 16.4 Å². The Morgan fingerprint density at radius 1 is 1.34 bits per heavy atom. The Kier molecular flexibility index (Phi) is 7.57. The van der Waals surface area contributed by atoms with Crippen molar-refractivity contribution in [3.63, 3.8) is 0 Å². The van der Waals surface area contributed by atoms with Gasteiger partial charge < -0.3 is 9.64 Å². The van der Waals surface area contributed by atoms with Crippen LogP contribution in [-0.2, 0) is 24.2 Å². The van der Waals surface area contributed by atoms with Gasteiger partial charge in [0, 0.05) is 12.1 Å². The van der Waals surface area contributed by atoms with E-state index in [-0.39, 0.29) is 23.1 Å². The third kappa shape index (κ3) is 6.16. The summed E-state index contributed by atoms with van der Waals surface area (Å²) in [5, 5.41) is 9.26. The van der Waals surface area contributed by atoms with Crippen molar-refractivity contribution in [1.82, 2.24) is 4.90 Å². The van der Waals surface area contributed by atoms with Gasteiger partial charge in [-0.25, -0.2) is 13.2 Å². The van der Waals surface area contributed by atoms with Gasteiger partial charge in [-0.05, 0) is 38.3 Å². The fraction of sp³-hybridized carbons (Fsp3) is 0.476. The van der Waals surface area contributed by atoms with E-state index >= 15 is 0 Å². The summed E-state index contributed by atoms with van der Waals surface area (Å²) < 4.78 is 28.7. The molecule has 1 aromatic rings. The Morgan fingerprint density at radius 2 is 2.00 bits per heavy atom. The zero-order valence-electron chi connectivity index (χ0n) is 16.9. The number of carbonyl (C=O) groups is 2. The molecule has 29 heavy (non-hydrogen) atoms. The maximum Gasteiger partial charge on any atom is 0.349 e. The first kappa shape index (κ1) is 22.6. The molecule has 2 atom stereocenters. The second-order valence-electron chi connectivity index (χ2n) is 7.27. The van der Waals surface area contributed by atoms with Crippen molar-refractivity contribution < 1.29 is 22.7 Å². The maximum absolute atomic E-state index is 12.7. The summed E-state index contributed by atoms with van der Waals surface area (Å²) in [5.41, 5.74) is 1.51. The molecule has 0 radical (unpaired) electrons. The van der Waals surface area contributed by atoms with Crippen LogP contribution in [0.15, 0.2) is 29.8 Å². The summed E-state index contributed by atoms with van der Waals surface area (Å²) in [6.45, 7) is 5.13. The van der Waals surface area contributed by atoms with E-state index in [9.17, 15) is 23.3 Å². The van der Waals surface area contributed by atoms with E-state index < -0.39 is 34.4 Å². The second kappa shape index (κ2) is 9.70. The molecular formula is C21H26N2O5S. The van der Waals surface area contributed by atoms with Gasteiger partial charge in [-0.3, -0.25) is 4.79 Å². The van der Waals surface area contributed by atoms with Gasteiger partial charge in [0.2, 0.25) is 0 Å². The Balaban J connectivity index is 2.06. The number of benzene rings is 1. The highest BCUT2D eigenvalue weighted by atomic mass is 32.2. The minimum Gasteiger partial charge on any atom is -0.451 e. The van der Waals surface area contributed by atoms with Crippen molar-refractivity contribution >= 4 is 27.8 Å². The average Bonchev–Trinajstić information content (AvgIpc) is 3.04. The molecule has 1 aromatic carbocycles. The highest BCUT2D eigenvalue weighted by Crippen LogP contribution is 2.21. The van der Waals surface area contributed by atoms with Crippen molar-refractivity contribution in [2.75, 3.05) is 18.1 Å². The number of ether oxygens (including phenoxy) is 1. The summed E-state index contributed by atoms with van der Waals surface area (Å²) >= 11 is 0. The van der Waals surface area contributed by atoms with Crippen LogP contribution in [0, 0.1) is 18.3 Å². The Hall–Kier alpha value is -2.66. The number of hydrogen-bond acceptors (Lipinski definition) is 6. The van der Waals surface area contributed by atoms with E-state index in [0.29, 0.717) is 18.4 Å². The highest BCUT2D eigenvalue weighted by molar-refractivity contribution is 7.91. The van der Waals surface area contributed by atoms with Gasteiger partial charge in [-0.2, -0.15) is 5.26 Å². The van der Waals surface area contributed by atoms with E-state index in [0.717, 1.165) is 5.56 Å². The fourth-order valence-corrected chi connectivity index (χ4v) is 4.96. The van der Waals surface area contributed by atoms with E-state index in [2.05, 4.69) is 0 Å². The number of carbonyl (C=O) groups excluding carboxylic acids is 2. The third-order valence-electron chi connectivity index (χ3n) is 5.01. The van der Waals surface area contributed by atoms with Crippen LogP contribution in [0.3, 0.4) is 0 Å². The number of hydrogen-bond donors (Lipinski definition) is 0. The van der Waals surface area contributed by atoms with Gasteiger partial charge in [-0.1, -0.05) is 36.8 Å². The topological polar surface area (TPSA) is 105 Å². The SMILES string of the molecule is CC[C@@H](C)N(C(=O)COC(=O)/C(C#N)=C/c1ccc(C)cc1)[C@H]1CCS(=O)(=O)C1. The first-order chi connectivity index (χ1) is 13.7. The molecule has 8 heteroatoms. The van der Waals surface area contributed by atoms with Crippen LogP contribution < -0.4 is 0 Å². The maximum atomic E-state index is 12.7. The molecule has 1 amide bonds. The molecular weight excluding hydrogens is 392 g/mol. The first-order valence-corrected chi connectivity index (χ1v) is 11.4. The Labute approximate surface area is 171 Å². The van der Waals surface area contributed by atoms with Crippen LogP contribution in [0.2, 0.25) is 0 Å². The minimum absolute atomic E-state index is 0.0511. The molecule has 0 aliphatic carbocycles. The third-order valence-corrected chi connectivity index (χ3v) is 6.76. The molecule has 1 fully saturated rings. The molecule has 0 spiro atoms. The van der Waals surface area contributed by atoms with E-state index in [1.165, 1.54) is 11.0 Å². The van der Waals surface area contributed by atoms with Gasteiger partial charge in [0.05, 0.1) is 11.5 Å². The molecule has 1 saturated heterocycles. The van der Waals surface area contributed by atoms with Gasteiger partial charge in [0.1, 0.15) is 11.6 Å². The van der Waals surface area contributed by atoms with Gasteiger partial charge in [0.25, 0.3) is 5.91 Å². The Bertz CT molecular complexity index is 929. The summed E-state index contributed by atoms with van der Waals surface area (Å²) in [7, 11) is -3.16. The van der Waals surface area contributed by atoms with Crippen molar-refractivity contribution in [2.45, 2.75) is 45.7 Å². The smallest absolute Gasteiger partial charge is 0.349 e. The van der Waals surface area contributed by atoms with E-state index in [1.807, 2.05) is 32.9 Å². The van der Waals surface area contributed by atoms with Gasteiger partial charge in [-0.15, -0.1) is 0 Å². The molecule has 0 unspecified atom stereocenters. The standard InChI is InChI=1S/C21H26N2O5S/c1-4-16(3)23(19-9-10-29(26,27)14-19)20(24)13-28-21(25)18(12-22)11-17-7-5-15(2)6-8-17/h5-8,11,16,19H,4,9-10,13-14H2,1-3H3/b18-11+/t16-,19+/m1/s1. The normalized spacial score (nSPS) is 19.2. The van der Waals surface area contributed by atoms with Gasteiger partial charge >= 0.3 is 5.97 Å². The molecule has 0 N–H and O–H groups in total. The van der Waals surface area contributed by atoms with Crippen LogP contribution in [-0.4, -0.2) is 55.4 Å². The zero-order chi connectivity index (χ0) is 21.6. The molecule has 0 saturated carbocycles. The number of aryl methyl sites for hydroxylation is 1. The predicted molar refractivity (Wildman–Crippen MR) is 109 cm³/mol. The summed E-state index contributed by atoms with van der Waals surface area (Å²) in [5.74, 6) is -1.37. The molecule has 0 aromatic heterocycles. The number of rotatable bonds is 7. The van der Waals surface area contributed by atoms with Crippen LogP contribution in [0.1, 0.15) is 37.8 Å². The lowest BCUT2D eigenvalue weighted by Gasteiger charge is -2.33. The number of amides is 1. The Morgan fingerprint density at radius 3 is 2.52 bits per heavy atom. The van der Waals surface area contributed by atoms with Crippen molar-refractivity contribution in [1.29, 1.82) is 5.26 Å². The van der Waals surface area contributed by atoms with E-state index in [4.69, 9.17) is 4.74 Å². The lowest BCUT2D eigenvalue weighted by atomic mass is 10.1. The quantitative estimate of drug-likeness (QED) is 0.382. The number of nitrogens with zero attached hydrogens (tertiary/aromatic N) is 2. The van der Waals surface area contributed by atoms with Crippen molar-refractivity contribution in [2.24, 2.45) is 0 Å². The largest absolute Gasteiger partial charge is 0.451 e. The fourth-order valence-electron chi connectivity index (χ4n) is 3.25. The average molecular weight is 419 g/mol. The van der Waals surface area contributed by atoms with Crippen molar-refractivity contribution in [3.8, 4) is 6.07 Å². The highest BCUT2D eigenvalue weighted by Gasteiger charge is 2.36. The molecule has 1 aliphatic rings.